The molecule has 0 aliphatic rings. The number of nitrogens with zero attached hydrogens (tertiary/aromatic N) is 2. The third-order valence-electron chi connectivity index (χ3n) is 3.14. The number of likely N-dealkylation sites (N-methyl/N-ethyl adjacent to an activating group) is 2. The lowest BCUT2D eigenvalue weighted by Crippen LogP contribution is -2.32. The summed E-state index contributed by atoms with van der Waals surface area (Å²) in [4.78, 5) is 18.4. The smallest absolute Gasteiger partial charge is 0.273 e. The fraction of sp³-hybridized carbons (Fsp3) is 0.333. The molecule has 0 aliphatic carbocycles. The Kier molecular flexibility index (Phi) is 4.87. The van der Waals surface area contributed by atoms with Crippen molar-refractivity contribution in [3.05, 3.63) is 40.9 Å². The van der Waals surface area contributed by atoms with E-state index in [9.17, 15) is 4.79 Å². The van der Waals surface area contributed by atoms with Crippen molar-refractivity contribution in [1.29, 1.82) is 0 Å². The molecule has 0 aliphatic heterocycles. The minimum absolute atomic E-state index is 0.0312. The lowest BCUT2D eigenvalue weighted by Gasteiger charge is -2.15. The zero-order chi connectivity index (χ0) is 14.5. The van der Waals surface area contributed by atoms with Crippen LogP contribution in [-0.4, -0.2) is 43.0 Å². The molecule has 1 heterocycles. The molecule has 0 radical (unpaired) electrons. The second kappa shape index (κ2) is 6.63. The van der Waals surface area contributed by atoms with E-state index in [1.54, 1.807) is 11.9 Å². The first-order chi connectivity index (χ1) is 9.63. The van der Waals surface area contributed by atoms with Crippen molar-refractivity contribution in [2.24, 2.45) is 0 Å². The van der Waals surface area contributed by atoms with Gasteiger partial charge >= 0.3 is 0 Å². The maximum Gasteiger partial charge on any atom is 0.273 e. The van der Waals surface area contributed by atoms with E-state index in [1.807, 2.05) is 30.6 Å². The standard InChI is InChI=1S/C15H19N3OS/c1-11-6-4-5-7-12(11)14-17-13(10-20-14)15(19)18(3)9-8-16-2/h4-7,10,16H,8-9H2,1-3H3. The van der Waals surface area contributed by atoms with E-state index in [0.29, 0.717) is 12.2 Å². The molecule has 20 heavy (non-hydrogen) atoms. The molecule has 1 amide bonds. The molecule has 0 fully saturated rings. The van der Waals surface area contributed by atoms with Gasteiger partial charge in [0.25, 0.3) is 5.91 Å². The van der Waals surface area contributed by atoms with E-state index >= 15 is 0 Å². The quantitative estimate of drug-likeness (QED) is 0.919. The highest BCUT2D eigenvalue weighted by Crippen LogP contribution is 2.26. The Morgan fingerprint density at radius 2 is 2.15 bits per heavy atom. The van der Waals surface area contributed by atoms with Crippen molar-refractivity contribution in [3.63, 3.8) is 0 Å². The first-order valence-electron chi connectivity index (χ1n) is 6.55. The first-order valence-corrected chi connectivity index (χ1v) is 7.43. The van der Waals surface area contributed by atoms with E-state index in [1.165, 1.54) is 16.9 Å². The summed E-state index contributed by atoms with van der Waals surface area (Å²) in [5.74, 6) is -0.0312. The van der Waals surface area contributed by atoms with Crippen LogP contribution in [0.25, 0.3) is 10.6 Å². The van der Waals surface area contributed by atoms with Gasteiger partial charge in [0.2, 0.25) is 0 Å². The van der Waals surface area contributed by atoms with Crippen LogP contribution in [0.2, 0.25) is 0 Å². The number of rotatable bonds is 5. The molecule has 4 nitrogen and oxygen atoms in total. The highest BCUT2D eigenvalue weighted by Gasteiger charge is 2.16. The van der Waals surface area contributed by atoms with Crippen LogP contribution in [0.5, 0.6) is 0 Å². The molecule has 1 aromatic heterocycles. The summed E-state index contributed by atoms with van der Waals surface area (Å²) in [5.41, 5.74) is 2.78. The number of thiazole rings is 1. The van der Waals surface area contributed by atoms with Crippen molar-refractivity contribution in [2.75, 3.05) is 27.2 Å². The Morgan fingerprint density at radius 1 is 1.40 bits per heavy atom. The average molecular weight is 289 g/mol. The van der Waals surface area contributed by atoms with E-state index in [2.05, 4.69) is 23.3 Å². The molecule has 2 rings (SSSR count). The van der Waals surface area contributed by atoms with Crippen molar-refractivity contribution < 1.29 is 4.79 Å². The number of aromatic nitrogens is 1. The SMILES string of the molecule is CNCCN(C)C(=O)c1csc(-c2ccccc2C)n1. The number of carbonyl (C=O) groups is 1. The maximum atomic E-state index is 12.2. The van der Waals surface area contributed by atoms with Gasteiger partial charge in [0.1, 0.15) is 10.7 Å². The molecule has 106 valence electrons. The molecule has 1 aromatic carbocycles. The zero-order valence-electron chi connectivity index (χ0n) is 12.0. The van der Waals surface area contributed by atoms with Crippen molar-refractivity contribution in [3.8, 4) is 10.6 Å². The molecule has 5 heteroatoms. The predicted molar refractivity (Wildman–Crippen MR) is 83.2 cm³/mol. The van der Waals surface area contributed by atoms with Gasteiger partial charge in [-0.05, 0) is 19.5 Å². The molecule has 0 bridgehead atoms. The van der Waals surface area contributed by atoms with Gasteiger partial charge < -0.3 is 10.2 Å². The summed E-state index contributed by atoms with van der Waals surface area (Å²) in [5, 5.41) is 5.76. The van der Waals surface area contributed by atoms with Gasteiger partial charge in [0, 0.05) is 31.1 Å². The number of nitrogens with one attached hydrogen (secondary N) is 1. The van der Waals surface area contributed by atoms with Crippen LogP contribution in [0, 0.1) is 6.92 Å². The second-order valence-corrected chi connectivity index (χ2v) is 5.54. The molecular weight excluding hydrogens is 270 g/mol. The van der Waals surface area contributed by atoms with E-state index in [-0.39, 0.29) is 5.91 Å². The summed E-state index contributed by atoms with van der Waals surface area (Å²) >= 11 is 1.51. The van der Waals surface area contributed by atoms with Crippen LogP contribution in [0.1, 0.15) is 16.1 Å². The van der Waals surface area contributed by atoms with Crippen molar-refractivity contribution in [1.82, 2.24) is 15.2 Å². The van der Waals surface area contributed by atoms with Gasteiger partial charge in [-0.3, -0.25) is 4.79 Å². The highest BCUT2D eigenvalue weighted by molar-refractivity contribution is 7.13. The normalized spacial score (nSPS) is 10.6. The second-order valence-electron chi connectivity index (χ2n) is 4.68. The van der Waals surface area contributed by atoms with Crippen LogP contribution in [0.4, 0.5) is 0 Å². The predicted octanol–water partition coefficient (Wildman–Crippen LogP) is 2.41. The Morgan fingerprint density at radius 3 is 2.85 bits per heavy atom. The molecule has 0 unspecified atom stereocenters. The number of benzene rings is 1. The molecule has 0 atom stereocenters. The van der Waals surface area contributed by atoms with Gasteiger partial charge in [0.05, 0.1) is 0 Å². The summed E-state index contributed by atoms with van der Waals surface area (Å²) in [6.45, 7) is 3.50. The maximum absolute atomic E-state index is 12.2. The van der Waals surface area contributed by atoms with Crippen LogP contribution in [0.3, 0.4) is 0 Å². The molecular formula is C15H19N3OS. The number of aryl methyl sites for hydroxylation is 1. The van der Waals surface area contributed by atoms with Crippen LogP contribution in [-0.2, 0) is 0 Å². The van der Waals surface area contributed by atoms with Crippen LogP contribution in [0.15, 0.2) is 29.6 Å². The summed E-state index contributed by atoms with van der Waals surface area (Å²) in [6.07, 6.45) is 0. The van der Waals surface area contributed by atoms with E-state index in [4.69, 9.17) is 0 Å². The minimum Gasteiger partial charge on any atom is -0.339 e. The van der Waals surface area contributed by atoms with Crippen molar-refractivity contribution in [2.45, 2.75) is 6.92 Å². The van der Waals surface area contributed by atoms with Gasteiger partial charge in [0.15, 0.2) is 0 Å². The summed E-state index contributed by atoms with van der Waals surface area (Å²) in [6, 6.07) is 8.08. The largest absolute Gasteiger partial charge is 0.339 e. The lowest BCUT2D eigenvalue weighted by atomic mass is 10.1. The van der Waals surface area contributed by atoms with Gasteiger partial charge in [-0.15, -0.1) is 11.3 Å². The fourth-order valence-electron chi connectivity index (χ4n) is 1.89. The Bertz CT molecular complexity index is 594. The lowest BCUT2D eigenvalue weighted by molar-refractivity contribution is 0.0792. The topological polar surface area (TPSA) is 45.2 Å². The zero-order valence-corrected chi connectivity index (χ0v) is 12.8. The first kappa shape index (κ1) is 14.7. The molecule has 2 aromatic rings. The van der Waals surface area contributed by atoms with Gasteiger partial charge in [-0.1, -0.05) is 24.3 Å². The Labute approximate surface area is 123 Å². The molecule has 0 saturated carbocycles. The molecule has 0 spiro atoms. The van der Waals surface area contributed by atoms with Crippen LogP contribution < -0.4 is 5.32 Å². The van der Waals surface area contributed by atoms with Crippen LogP contribution >= 0.6 is 11.3 Å². The summed E-state index contributed by atoms with van der Waals surface area (Å²) < 4.78 is 0. The number of carbonyl (C=O) groups excluding carboxylic acids is 1. The highest BCUT2D eigenvalue weighted by atomic mass is 32.1. The van der Waals surface area contributed by atoms with E-state index in [0.717, 1.165) is 17.1 Å². The number of hydrogen-bond acceptors (Lipinski definition) is 4. The third-order valence-corrected chi connectivity index (χ3v) is 4.02. The Balaban J connectivity index is 2.17. The van der Waals surface area contributed by atoms with Gasteiger partial charge in [-0.25, -0.2) is 4.98 Å². The fourth-order valence-corrected chi connectivity index (χ4v) is 2.77. The Hall–Kier alpha value is -1.72. The molecule has 1 N–H and O–H groups in total. The number of amides is 1. The monoisotopic (exact) mass is 289 g/mol. The van der Waals surface area contributed by atoms with Gasteiger partial charge in [-0.2, -0.15) is 0 Å². The average Bonchev–Trinajstić information content (AvgIpc) is 2.94. The summed E-state index contributed by atoms with van der Waals surface area (Å²) in [7, 11) is 3.67. The molecule has 0 saturated heterocycles. The van der Waals surface area contributed by atoms with E-state index < -0.39 is 0 Å². The minimum atomic E-state index is -0.0312. The number of hydrogen-bond donors (Lipinski definition) is 1. The third kappa shape index (κ3) is 3.23. The van der Waals surface area contributed by atoms with Crippen molar-refractivity contribution >= 4 is 17.2 Å².